The molecule has 0 bridgehead atoms. The predicted molar refractivity (Wildman–Crippen MR) is 138 cm³/mol. The Morgan fingerprint density at radius 2 is 2.05 bits per heavy atom. The predicted octanol–water partition coefficient (Wildman–Crippen LogP) is 2.19. The average molecular weight is 513 g/mol. The second-order valence-electron chi connectivity index (χ2n) is 9.52. The smallest absolute Gasteiger partial charge is 0.274 e. The number of pyridine rings is 1. The maximum Gasteiger partial charge on any atom is 0.274 e. The standard InChI is InChI=1S/C25H33FN8O3/c1-27-22-14-21(31-23-17(15-28-34(22)23)24(35)30-18-5-6-20(18)37-2)29-19-4-3-10-33(25(19)36)16-7-11-32(12-8-16)13-9-26/h3-4,10,14-16,18,20,27H,5-9,11-13H2,1-2H3,(H,29,31)(H,30,35)/t18-,20-/m0/s1. The lowest BCUT2D eigenvalue weighted by Crippen LogP contribution is -2.51. The molecule has 37 heavy (non-hydrogen) atoms. The van der Waals surface area contributed by atoms with Crippen LogP contribution >= 0.6 is 0 Å². The Hall–Kier alpha value is -3.51. The summed E-state index contributed by atoms with van der Waals surface area (Å²) in [6.07, 6.45) is 6.66. The summed E-state index contributed by atoms with van der Waals surface area (Å²) in [5, 5.41) is 13.6. The molecule has 1 amide bonds. The molecule has 3 N–H and O–H groups in total. The van der Waals surface area contributed by atoms with Crippen molar-refractivity contribution in [2.45, 2.75) is 43.9 Å². The number of carbonyl (C=O) groups excluding carboxylic acids is 1. The van der Waals surface area contributed by atoms with E-state index in [4.69, 9.17) is 4.74 Å². The lowest BCUT2D eigenvalue weighted by molar-refractivity contribution is 0.00732. The van der Waals surface area contributed by atoms with Crippen molar-refractivity contribution in [2.24, 2.45) is 0 Å². The molecule has 198 valence electrons. The van der Waals surface area contributed by atoms with Crippen LogP contribution in [-0.2, 0) is 4.74 Å². The largest absolute Gasteiger partial charge is 0.379 e. The second kappa shape index (κ2) is 10.9. The molecule has 3 aromatic rings. The van der Waals surface area contributed by atoms with Gasteiger partial charge in [-0.25, -0.2) is 9.37 Å². The fourth-order valence-electron chi connectivity index (χ4n) is 5.10. The van der Waals surface area contributed by atoms with Gasteiger partial charge in [0.1, 0.15) is 29.6 Å². The number of amides is 1. The Balaban J connectivity index is 1.39. The van der Waals surface area contributed by atoms with Crippen LogP contribution in [0.1, 0.15) is 42.1 Å². The van der Waals surface area contributed by atoms with E-state index in [1.54, 1.807) is 41.6 Å². The third-order valence-electron chi connectivity index (χ3n) is 7.39. The highest BCUT2D eigenvalue weighted by atomic mass is 19.1. The molecule has 5 rings (SSSR count). The van der Waals surface area contributed by atoms with Gasteiger partial charge >= 0.3 is 0 Å². The minimum atomic E-state index is -0.356. The zero-order valence-electron chi connectivity index (χ0n) is 21.1. The average Bonchev–Trinajstić information content (AvgIpc) is 3.32. The highest BCUT2D eigenvalue weighted by molar-refractivity contribution is 6.00. The van der Waals surface area contributed by atoms with Crippen molar-refractivity contribution in [3.63, 3.8) is 0 Å². The van der Waals surface area contributed by atoms with Gasteiger partial charge in [-0.15, -0.1) is 0 Å². The number of likely N-dealkylation sites (tertiary alicyclic amines) is 1. The van der Waals surface area contributed by atoms with Crippen LogP contribution in [0.25, 0.3) is 5.65 Å². The molecule has 1 aliphatic carbocycles. The Morgan fingerprint density at radius 1 is 1.24 bits per heavy atom. The van der Waals surface area contributed by atoms with Crippen LogP contribution in [0.5, 0.6) is 0 Å². The quantitative estimate of drug-likeness (QED) is 0.400. The highest BCUT2D eigenvalue weighted by Gasteiger charge is 2.33. The van der Waals surface area contributed by atoms with Gasteiger partial charge < -0.3 is 30.2 Å². The summed E-state index contributed by atoms with van der Waals surface area (Å²) >= 11 is 0. The topological polar surface area (TPSA) is 118 Å². The Bertz CT molecular complexity index is 1310. The van der Waals surface area contributed by atoms with Crippen molar-refractivity contribution in [1.82, 2.24) is 29.4 Å². The van der Waals surface area contributed by atoms with Crippen LogP contribution in [-0.4, -0.2) is 82.6 Å². The highest BCUT2D eigenvalue weighted by Crippen LogP contribution is 2.25. The molecule has 2 fully saturated rings. The van der Waals surface area contributed by atoms with Crippen molar-refractivity contribution < 1.29 is 13.9 Å². The number of halogens is 1. The minimum absolute atomic E-state index is 0.0139. The van der Waals surface area contributed by atoms with Gasteiger partial charge in [0.15, 0.2) is 5.65 Å². The summed E-state index contributed by atoms with van der Waals surface area (Å²) in [7, 11) is 3.40. The number of alkyl halides is 1. The van der Waals surface area contributed by atoms with Gasteiger partial charge in [-0.05, 0) is 37.8 Å². The number of anilines is 3. The second-order valence-corrected chi connectivity index (χ2v) is 9.52. The number of carbonyl (C=O) groups is 1. The number of fused-ring (bicyclic) bond motifs is 1. The Morgan fingerprint density at radius 3 is 2.73 bits per heavy atom. The number of rotatable bonds is 9. The lowest BCUT2D eigenvalue weighted by Gasteiger charge is -2.35. The van der Waals surface area contributed by atoms with E-state index in [2.05, 4.69) is 30.9 Å². The number of hydrogen-bond donors (Lipinski definition) is 3. The maximum absolute atomic E-state index is 13.3. The number of ether oxygens (including phenoxy) is 1. The van der Waals surface area contributed by atoms with Crippen LogP contribution in [0, 0.1) is 0 Å². The summed E-state index contributed by atoms with van der Waals surface area (Å²) in [5.74, 6) is 0.758. The molecule has 11 nitrogen and oxygen atoms in total. The molecule has 0 radical (unpaired) electrons. The molecule has 2 aliphatic rings. The van der Waals surface area contributed by atoms with E-state index in [0.29, 0.717) is 35.1 Å². The number of aromatic nitrogens is 4. The van der Waals surface area contributed by atoms with E-state index in [-0.39, 0.29) is 36.3 Å². The first kappa shape index (κ1) is 25.2. The zero-order chi connectivity index (χ0) is 25.9. The number of piperidine rings is 1. The van der Waals surface area contributed by atoms with Crippen LogP contribution in [0.3, 0.4) is 0 Å². The van der Waals surface area contributed by atoms with Crippen molar-refractivity contribution in [2.75, 3.05) is 51.1 Å². The molecule has 12 heteroatoms. The van der Waals surface area contributed by atoms with Gasteiger partial charge in [-0.1, -0.05) is 0 Å². The molecule has 0 aromatic carbocycles. The van der Waals surface area contributed by atoms with E-state index >= 15 is 0 Å². The van der Waals surface area contributed by atoms with Crippen LogP contribution in [0.4, 0.5) is 21.7 Å². The van der Waals surface area contributed by atoms with Gasteiger partial charge in [-0.2, -0.15) is 9.61 Å². The first-order valence-electron chi connectivity index (χ1n) is 12.7. The van der Waals surface area contributed by atoms with Gasteiger partial charge in [0.05, 0.1) is 18.3 Å². The molecule has 0 spiro atoms. The summed E-state index contributed by atoms with van der Waals surface area (Å²) in [4.78, 5) is 33.1. The van der Waals surface area contributed by atoms with E-state index in [1.165, 1.54) is 6.20 Å². The molecule has 3 aromatic heterocycles. The molecule has 4 heterocycles. The Kier molecular flexibility index (Phi) is 7.38. The van der Waals surface area contributed by atoms with Crippen molar-refractivity contribution in [3.05, 3.63) is 46.5 Å². The van der Waals surface area contributed by atoms with E-state index < -0.39 is 0 Å². The van der Waals surface area contributed by atoms with Crippen LogP contribution in [0.15, 0.2) is 35.4 Å². The molecule has 1 aliphatic heterocycles. The lowest BCUT2D eigenvalue weighted by atomic mass is 9.89. The van der Waals surface area contributed by atoms with Crippen molar-refractivity contribution >= 4 is 28.9 Å². The van der Waals surface area contributed by atoms with Gasteiger partial charge in [0.25, 0.3) is 11.5 Å². The SMILES string of the molecule is CNc1cc(Nc2cccn(C3CCN(CCF)CC3)c2=O)nc2c(C(=O)N[C@H]3CC[C@@H]3OC)cnn12. The fourth-order valence-corrected chi connectivity index (χ4v) is 5.10. The van der Waals surface area contributed by atoms with Gasteiger partial charge in [-0.3, -0.25) is 9.59 Å². The van der Waals surface area contributed by atoms with E-state index in [1.807, 2.05) is 6.07 Å². The van der Waals surface area contributed by atoms with Crippen molar-refractivity contribution in [1.29, 1.82) is 0 Å². The Labute approximate surface area is 214 Å². The molecular weight excluding hydrogens is 479 g/mol. The third-order valence-corrected chi connectivity index (χ3v) is 7.39. The summed E-state index contributed by atoms with van der Waals surface area (Å²) in [5.41, 5.74) is 0.945. The minimum Gasteiger partial charge on any atom is -0.379 e. The van der Waals surface area contributed by atoms with Crippen molar-refractivity contribution in [3.8, 4) is 0 Å². The number of nitrogens with zero attached hydrogens (tertiary/aromatic N) is 5. The fraction of sp³-hybridized carbons (Fsp3) is 0.520. The molecule has 1 saturated heterocycles. The van der Waals surface area contributed by atoms with Gasteiger partial charge in [0.2, 0.25) is 0 Å². The first-order chi connectivity index (χ1) is 18.0. The molecule has 1 saturated carbocycles. The molecule has 2 atom stereocenters. The summed E-state index contributed by atoms with van der Waals surface area (Å²) in [6, 6.07) is 5.30. The van der Waals surface area contributed by atoms with E-state index in [9.17, 15) is 14.0 Å². The number of nitrogens with one attached hydrogen (secondary N) is 3. The monoisotopic (exact) mass is 512 g/mol. The summed E-state index contributed by atoms with van der Waals surface area (Å²) in [6.45, 7) is 1.61. The van der Waals surface area contributed by atoms with E-state index in [0.717, 1.165) is 38.8 Å². The van der Waals surface area contributed by atoms with Crippen LogP contribution < -0.4 is 21.5 Å². The number of hydrogen-bond acceptors (Lipinski definition) is 8. The third kappa shape index (κ3) is 5.03. The molecule has 0 unspecified atom stereocenters. The zero-order valence-corrected chi connectivity index (χ0v) is 21.1. The number of methoxy groups -OCH3 is 1. The first-order valence-corrected chi connectivity index (χ1v) is 12.7. The normalized spacial score (nSPS) is 20.5. The van der Waals surface area contributed by atoms with Crippen LogP contribution in [0.2, 0.25) is 0 Å². The maximum atomic E-state index is 13.3. The molecular formula is C25H33FN8O3. The van der Waals surface area contributed by atoms with Gasteiger partial charge in [0, 0.05) is 52.1 Å². The summed E-state index contributed by atoms with van der Waals surface area (Å²) < 4.78 is 21.4.